The molecule has 0 aliphatic rings. The highest BCUT2D eigenvalue weighted by molar-refractivity contribution is 5.99. The monoisotopic (exact) mass is 678 g/mol. The molecule has 262 valence electrons. The Hall–Kier alpha value is -5.44. The number of carbonyl (C=O) groups excluding carboxylic acids is 4. The summed E-state index contributed by atoms with van der Waals surface area (Å²) in [5.74, 6) is -0.480. The van der Waals surface area contributed by atoms with Crippen molar-refractivity contribution in [3.63, 3.8) is 0 Å². The van der Waals surface area contributed by atoms with Gasteiger partial charge in [0, 0.05) is 11.3 Å². The summed E-state index contributed by atoms with van der Waals surface area (Å²) in [6, 6.07) is 27.0. The molecule has 1 unspecified atom stereocenters. The first kappa shape index (κ1) is 37.4. The van der Waals surface area contributed by atoms with Gasteiger partial charge in [0.25, 0.3) is 5.91 Å². The van der Waals surface area contributed by atoms with Crippen molar-refractivity contribution in [3.05, 3.63) is 119 Å². The van der Waals surface area contributed by atoms with Gasteiger partial charge in [0.1, 0.15) is 5.75 Å². The average molecular weight is 679 g/mol. The molecule has 0 aromatic heterocycles. The Morgan fingerprint density at radius 3 is 2.10 bits per heavy atom. The molecule has 0 saturated heterocycles. The summed E-state index contributed by atoms with van der Waals surface area (Å²) in [5, 5.41) is 5.68. The minimum Gasteiger partial charge on any atom is -0.494 e. The van der Waals surface area contributed by atoms with Crippen molar-refractivity contribution in [3.8, 4) is 17.2 Å². The van der Waals surface area contributed by atoms with Gasteiger partial charge in [-0.25, -0.2) is 4.79 Å². The molecule has 0 radical (unpaired) electrons. The van der Waals surface area contributed by atoms with Crippen molar-refractivity contribution >= 4 is 29.3 Å². The van der Waals surface area contributed by atoms with Crippen LogP contribution < -0.4 is 24.8 Å². The number of hydrogen-bond acceptors (Lipinski definition) is 7. The third-order valence-electron chi connectivity index (χ3n) is 8.38. The predicted octanol–water partition coefficient (Wildman–Crippen LogP) is 7.94. The number of ether oxygens (including phenoxy) is 3. The highest BCUT2D eigenvalue weighted by Crippen LogP contribution is 2.30. The SMILES string of the molecule is CCCCCCCOc1ccc(C(=O)Oc2ccc(CC(NC(=O)c3ccc(NC(=O)[C@@H](C)c4ccccc4)cc3)C(C)=O)cc2OC)cc1. The average Bonchev–Trinajstić information content (AvgIpc) is 3.13. The zero-order valence-corrected chi connectivity index (χ0v) is 29.2. The second-order valence-electron chi connectivity index (χ2n) is 12.2. The van der Waals surface area contributed by atoms with Gasteiger partial charge in [-0.2, -0.15) is 0 Å². The second-order valence-corrected chi connectivity index (χ2v) is 12.2. The molecular weight excluding hydrogens is 632 g/mol. The first-order valence-electron chi connectivity index (χ1n) is 17.1. The van der Waals surface area contributed by atoms with Gasteiger partial charge in [0.05, 0.1) is 31.2 Å². The number of benzene rings is 4. The Morgan fingerprint density at radius 2 is 1.44 bits per heavy atom. The topological polar surface area (TPSA) is 120 Å². The Morgan fingerprint density at radius 1 is 0.760 bits per heavy atom. The van der Waals surface area contributed by atoms with Gasteiger partial charge < -0.3 is 24.8 Å². The van der Waals surface area contributed by atoms with Crippen molar-refractivity contribution in [2.75, 3.05) is 19.0 Å². The van der Waals surface area contributed by atoms with Crippen LogP contribution in [0.1, 0.15) is 90.6 Å². The maximum absolute atomic E-state index is 13.1. The maximum Gasteiger partial charge on any atom is 0.343 e. The van der Waals surface area contributed by atoms with E-state index >= 15 is 0 Å². The first-order valence-corrected chi connectivity index (χ1v) is 17.1. The molecule has 2 N–H and O–H groups in total. The number of rotatable bonds is 18. The fraction of sp³-hybridized carbons (Fsp3) is 0.317. The van der Waals surface area contributed by atoms with E-state index in [1.807, 2.05) is 37.3 Å². The fourth-order valence-electron chi connectivity index (χ4n) is 5.29. The molecule has 0 spiro atoms. The molecule has 0 aliphatic heterocycles. The molecule has 0 bridgehead atoms. The van der Waals surface area contributed by atoms with E-state index in [0.717, 1.165) is 18.4 Å². The highest BCUT2D eigenvalue weighted by Gasteiger charge is 2.21. The number of esters is 1. The molecular formula is C41H46N2O7. The van der Waals surface area contributed by atoms with Crippen LogP contribution in [0.15, 0.2) is 97.1 Å². The quantitative estimate of drug-likeness (QED) is 0.0623. The molecule has 0 fully saturated rings. The van der Waals surface area contributed by atoms with Gasteiger partial charge in [-0.05, 0) is 98.5 Å². The summed E-state index contributed by atoms with van der Waals surface area (Å²) in [7, 11) is 1.46. The van der Waals surface area contributed by atoms with Crippen LogP contribution in [0, 0.1) is 0 Å². The summed E-state index contributed by atoms with van der Waals surface area (Å²) >= 11 is 0. The first-order chi connectivity index (χ1) is 24.2. The molecule has 0 saturated carbocycles. The lowest BCUT2D eigenvalue weighted by molar-refractivity contribution is -0.119. The van der Waals surface area contributed by atoms with E-state index < -0.39 is 17.9 Å². The maximum atomic E-state index is 13.1. The van der Waals surface area contributed by atoms with E-state index in [2.05, 4.69) is 17.6 Å². The molecule has 0 heterocycles. The van der Waals surface area contributed by atoms with E-state index in [9.17, 15) is 19.2 Å². The third kappa shape index (κ3) is 11.1. The molecule has 9 nitrogen and oxygen atoms in total. The minimum atomic E-state index is -0.816. The fourth-order valence-corrected chi connectivity index (χ4v) is 5.29. The lowest BCUT2D eigenvalue weighted by Crippen LogP contribution is -2.41. The third-order valence-corrected chi connectivity index (χ3v) is 8.38. The number of ketones is 1. The molecule has 50 heavy (non-hydrogen) atoms. The molecule has 4 aromatic rings. The second kappa shape index (κ2) is 18.9. The smallest absolute Gasteiger partial charge is 0.343 e. The van der Waals surface area contributed by atoms with Gasteiger partial charge in [-0.15, -0.1) is 0 Å². The van der Waals surface area contributed by atoms with Gasteiger partial charge in [-0.1, -0.05) is 69.0 Å². The van der Waals surface area contributed by atoms with Crippen molar-refractivity contribution in [1.82, 2.24) is 5.32 Å². The molecule has 0 aliphatic carbocycles. The zero-order valence-electron chi connectivity index (χ0n) is 29.2. The number of anilines is 1. The number of nitrogens with one attached hydrogen (secondary N) is 2. The van der Waals surface area contributed by atoms with Crippen LogP contribution in [-0.2, 0) is 16.0 Å². The van der Waals surface area contributed by atoms with Crippen molar-refractivity contribution < 1.29 is 33.4 Å². The lowest BCUT2D eigenvalue weighted by Gasteiger charge is -2.18. The number of amides is 2. The summed E-state index contributed by atoms with van der Waals surface area (Å²) in [5.41, 5.74) is 2.86. The summed E-state index contributed by atoms with van der Waals surface area (Å²) in [4.78, 5) is 51.3. The van der Waals surface area contributed by atoms with E-state index in [-0.39, 0.29) is 29.8 Å². The Labute approximate surface area is 294 Å². The minimum absolute atomic E-state index is 0.163. The van der Waals surface area contributed by atoms with Crippen LogP contribution in [0.2, 0.25) is 0 Å². The van der Waals surface area contributed by atoms with Crippen LogP contribution in [-0.4, -0.2) is 43.3 Å². The van der Waals surface area contributed by atoms with Gasteiger partial charge in [0.2, 0.25) is 5.91 Å². The van der Waals surface area contributed by atoms with E-state index in [0.29, 0.717) is 40.5 Å². The summed E-state index contributed by atoms with van der Waals surface area (Å²) in [6.07, 6.45) is 5.96. The van der Waals surface area contributed by atoms with E-state index in [4.69, 9.17) is 14.2 Å². The molecule has 4 aromatic carbocycles. The van der Waals surface area contributed by atoms with Crippen molar-refractivity contribution in [1.29, 1.82) is 0 Å². The largest absolute Gasteiger partial charge is 0.494 e. The van der Waals surface area contributed by atoms with Crippen LogP contribution in [0.25, 0.3) is 0 Å². The summed E-state index contributed by atoms with van der Waals surface area (Å²) in [6.45, 7) is 6.06. The number of unbranched alkanes of at least 4 members (excludes halogenated alkanes) is 4. The molecule has 9 heteroatoms. The summed E-state index contributed by atoms with van der Waals surface area (Å²) < 4.78 is 16.9. The van der Waals surface area contributed by atoms with E-state index in [1.54, 1.807) is 66.7 Å². The normalized spacial score (nSPS) is 11.9. The van der Waals surface area contributed by atoms with Crippen molar-refractivity contribution in [2.45, 2.75) is 71.3 Å². The Balaban J connectivity index is 1.31. The number of carbonyl (C=O) groups is 4. The van der Waals surface area contributed by atoms with Crippen LogP contribution in [0.5, 0.6) is 17.2 Å². The lowest BCUT2D eigenvalue weighted by atomic mass is 10.0. The van der Waals surface area contributed by atoms with Crippen LogP contribution in [0.3, 0.4) is 0 Å². The number of methoxy groups -OCH3 is 1. The Kier molecular flexibility index (Phi) is 14.2. The van der Waals surface area contributed by atoms with Gasteiger partial charge in [0.15, 0.2) is 17.3 Å². The number of hydrogen-bond donors (Lipinski definition) is 2. The number of Topliss-reactive ketones (excluding diaryl/α,β-unsaturated/α-hetero) is 1. The zero-order chi connectivity index (χ0) is 35.9. The highest BCUT2D eigenvalue weighted by atomic mass is 16.6. The van der Waals surface area contributed by atoms with Crippen molar-refractivity contribution in [2.24, 2.45) is 0 Å². The standard InChI is InChI=1S/C41H46N2O7/c1-5-6-7-8-12-25-49-35-22-18-33(19-23-35)41(47)50-37-24-15-30(27-38(37)48-4)26-36(29(3)44)43-40(46)32-16-20-34(21-17-32)42-39(45)28(2)31-13-10-9-11-14-31/h9-11,13-24,27-28,36H,5-8,12,25-26H2,1-4H3,(H,42,45)(H,43,46)/t28-,36?/m0/s1. The van der Waals surface area contributed by atoms with Gasteiger partial charge in [-0.3, -0.25) is 14.4 Å². The van der Waals surface area contributed by atoms with E-state index in [1.165, 1.54) is 33.3 Å². The predicted molar refractivity (Wildman–Crippen MR) is 194 cm³/mol. The molecule has 4 rings (SSSR count). The van der Waals surface area contributed by atoms with Crippen LogP contribution in [0.4, 0.5) is 5.69 Å². The Bertz CT molecular complexity index is 1720. The van der Waals surface area contributed by atoms with Gasteiger partial charge >= 0.3 is 5.97 Å². The molecule has 2 atom stereocenters. The molecule has 2 amide bonds. The van der Waals surface area contributed by atoms with Crippen LogP contribution >= 0.6 is 0 Å².